The number of nitrogens with two attached hydrogens (primary N) is 1. The van der Waals surface area contributed by atoms with Crippen molar-refractivity contribution in [1.29, 1.82) is 0 Å². The highest BCUT2D eigenvalue weighted by Gasteiger charge is 2.24. The molecule has 0 spiro atoms. The summed E-state index contributed by atoms with van der Waals surface area (Å²) in [4.78, 5) is 14.5. The maximum Gasteiger partial charge on any atom is 0.270 e. The van der Waals surface area contributed by atoms with Crippen LogP contribution in [0.3, 0.4) is 0 Å². The molecular weight excluding hydrogens is 262 g/mol. The van der Waals surface area contributed by atoms with Gasteiger partial charge in [0.15, 0.2) is 0 Å². The van der Waals surface area contributed by atoms with E-state index in [0.29, 0.717) is 6.54 Å². The van der Waals surface area contributed by atoms with Gasteiger partial charge < -0.3 is 15.2 Å². The van der Waals surface area contributed by atoms with E-state index in [0.717, 1.165) is 36.3 Å². The summed E-state index contributed by atoms with van der Waals surface area (Å²) >= 11 is 0. The van der Waals surface area contributed by atoms with Crippen molar-refractivity contribution in [3.05, 3.63) is 48.2 Å². The number of hydrogen-bond acceptors (Lipinski definition) is 2. The van der Waals surface area contributed by atoms with Gasteiger partial charge in [-0.1, -0.05) is 30.3 Å². The van der Waals surface area contributed by atoms with Crippen molar-refractivity contribution in [3.63, 3.8) is 0 Å². The SMILES string of the molecule is Cn1c(C(=O)N2CCC[C@@H](N)C2)ccc1-c1ccccc1. The molecule has 21 heavy (non-hydrogen) atoms. The third-order valence-electron chi connectivity index (χ3n) is 4.16. The smallest absolute Gasteiger partial charge is 0.270 e. The lowest BCUT2D eigenvalue weighted by Crippen LogP contribution is -2.46. The summed E-state index contributed by atoms with van der Waals surface area (Å²) in [7, 11) is 1.94. The van der Waals surface area contributed by atoms with Crippen LogP contribution in [0.1, 0.15) is 23.3 Å². The molecule has 0 saturated carbocycles. The number of piperidine rings is 1. The van der Waals surface area contributed by atoms with E-state index >= 15 is 0 Å². The molecule has 4 heteroatoms. The first kappa shape index (κ1) is 13.9. The number of benzene rings is 1. The molecular formula is C17H21N3O. The maximum absolute atomic E-state index is 12.7. The third kappa shape index (κ3) is 2.72. The topological polar surface area (TPSA) is 51.3 Å². The molecule has 1 saturated heterocycles. The molecule has 2 aromatic rings. The zero-order valence-corrected chi connectivity index (χ0v) is 12.3. The van der Waals surface area contributed by atoms with E-state index in [1.54, 1.807) is 0 Å². The monoisotopic (exact) mass is 283 g/mol. The molecule has 0 unspecified atom stereocenters. The molecule has 2 heterocycles. The maximum atomic E-state index is 12.7. The minimum absolute atomic E-state index is 0.0785. The summed E-state index contributed by atoms with van der Waals surface area (Å²) in [5.41, 5.74) is 8.88. The van der Waals surface area contributed by atoms with Crippen molar-refractivity contribution in [1.82, 2.24) is 9.47 Å². The minimum atomic E-state index is 0.0785. The van der Waals surface area contributed by atoms with Crippen LogP contribution < -0.4 is 5.73 Å². The fourth-order valence-electron chi connectivity index (χ4n) is 2.98. The van der Waals surface area contributed by atoms with Gasteiger partial charge >= 0.3 is 0 Å². The Bertz CT molecular complexity index is 633. The van der Waals surface area contributed by atoms with Crippen LogP contribution >= 0.6 is 0 Å². The number of likely N-dealkylation sites (tertiary alicyclic amines) is 1. The van der Waals surface area contributed by atoms with Crippen molar-refractivity contribution in [2.45, 2.75) is 18.9 Å². The van der Waals surface area contributed by atoms with Crippen LogP contribution in [0, 0.1) is 0 Å². The standard InChI is InChI=1S/C17H21N3O/c1-19-15(13-6-3-2-4-7-13)9-10-16(19)17(21)20-11-5-8-14(18)12-20/h2-4,6-7,9-10,14H,5,8,11-12,18H2,1H3/t14-/m1/s1. The molecule has 0 aliphatic carbocycles. The van der Waals surface area contributed by atoms with Crippen molar-refractivity contribution in [3.8, 4) is 11.3 Å². The Morgan fingerprint density at radius 2 is 1.95 bits per heavy atom. The van der Waals surface area contributed by atoms with Crippen LogP contribution in [-0.4, -0.2) is 34.5 Å². The van der Waals surface area contributed by atoms with E-state index < -0.39 is 0 Å². The molecule has 1 amide bonds. The van der Waals surface area contributed by atoms with Gasteiger partial charge in [-0.05, 0) is 30.5 Å². The number of carbonyl (C=O) groups excluding carboxylic acids is 1. The predicted octanol–water partition coefficient (Wildman–Crippen LogP) is 2.26. The molecule has 0 bridgehead atoms. The lowest BCUT2D eigenvalue weighted by atomic mass is 10.1. The number of rotatable bonds is 2. The van der Waals surface area contributed by atoms with E-state index in [1.165, 1.54) is 0 Å². The molecule has 4 nitrogen and oxygen atoms in total. The highest BCUT2D eigenvalue weighted by Crippen LogP contribution is 2.22. The summed E-state index contributed by atoms with van der Waals surface area (Å²) in [5.74, 6) is 0.0785. The summed E-state index contributed by atoms with van der Waals surface area (Å²) in [5, 5.41) is 0. The largest absolute Gasteiger partial charge is 0.340 e. The number of hydrogen-bond donors (Lipinski definition) is 1. The van der Waals surface area contributed by atoms with Crippen LogP contribution in [0.4, 0.5) is 0 Å². The van der Waals surface area contributed by atoms with Gasteiger partial charge in [-0.25, -0.2) is 0 Å². The molecule has 3 rings (SSSR count). The van der Waals surface area contributed by atoms with Crippen LogP contribution in [0.15, 0.2) is 42.5 Å². The minimum Gasteiger partial charge on any atom is -0.340 e. The van der Waals surface area contributed by atoms with Crippen molar-refractivity contribution in [2.24, 2.45) is 12.8 Å². The summed E-state index contributed by atoms with van der Waals surface area (Å²) in [6, 6.07) is 14.1. The molecule has 110 valence electrons. The Morgan fingerprint density at radius 3 is 2.67 bits per heavy atom. The number of carbonyl (C=O) groups is 1. The van der Waals surface area contributed by atoms with Crippen LogP contribution in [0.25, 0.3) is 11.3 Å². The third-order valence-corrected chi connectivity index (χ3v) is 4.16. The molecule has 1 aliphatic rings. The Balaban J connectivity index is 1.87. The van der Waals surface area contributed by atoms with Crippen LogP contribution in [0.2, 0.25) is 0 Å². The Hall–Kier alpha value is -2.07. The van der Waals surface area contributed by atoms with Gasteiger partial charge in [0, 0.05) is 31.9 Å². The molecule has 2 N–H and O–H groups in total. The van der Waals surface area contributed by atoms with E-state index in [2.05, 4.69) is 12.1 Å². The molecule has 1 fully saturated rings. The van der Waals surface area contributed by atoms with E-state index in [-0.39, 0.29) is 11.9 Å². The van der Waals surface area contributed by atoms with Gasteiger partial charge in [-0.3, -0.25) is 4.79 Å². The highest BCUT2D eigenvalue weighted by molar-refractivity contribution is 5.94. The number of amides is 1. The fraction of sp³-hybridized carbons (Fsp3) is 0.353. The Morgan fingerprint density at radius 1 is 1.19 bits per heavy atom. The molecule has 1 aromatic carbocycles. The second kappa shape index (κ2) is 5.74. The van der Waals surface area contributed by atoms with Gasteiger partial charge in [0.1, 0.15) is 5.69 Å². The summed E-state index contributed by atoms with van der Waals surface area (Å²) in [6.45, 7) is 1.46. The first-order valence-electron chi connectivity index (χ1n) is 7.43. The van der Waals surface area contributed by atoms with Crippen LogP contribution in [0.5, 0.6) is 0 Å². The zero-order chi connectivity index (χ0) is 14.8. The van der Waals surface area contributed by atoms with Crippen molar-refractivity contribution < 1.29 is 4.79 Å². The number of aromatic nitrogens is 1. The molecule has 1 aliphatic heterocycles. The van der Waals surface area contributed by atoms with Gasteiger partial charge in [0.05, 0.1) is 0 Å². The zero-order valence-electron chi connectivity index (χ0n) is 12.3. The van der Waals surface area contributed by atoms with E-state index in [4.69, 9.17) is 5.73 Å². The second-order valence-corrected chi connectivity index (χ2v) is 5.68. The van der Waals surface area contributed by atoms with E-state index in [1.807, 2.05) is 46.8 Å². The lowest BCUT2D eigenvalue weighted by Gasteiger charge is -2.30. The first-order valence-corrected chi connectivity index (χ1v) is 7.43. The average Bonchev–Trinajstić information content (AvgIpc) is 2.89. The van der Waals surface area contributed by atoms with Gasteiger partial charge in [0.25, 0.3) is 5.91 Å². The second-order valence-electron chi connectivity index (χ2n) is 5.68. The summed E-state index contributed by atoms with van der Waals surface area (Å²) < 4.78 is 1.97. The molecule has 1 aromatic heterocycles. The Labute approximate surface area is 125 Å². The molecule has 1 atom stereocenters. The van der Waals surface area contributed by atoms with Gasteiger partial charge in [-0.2, -0.15) is 0 Å². The predicted molar refractivity (Wildman–Crippen MR) is 84.0 cm³/mol. The molecule has 0 radical (unpaired) electrons. The first-order chi connectivity index (χ1) is 10.2. The summed E-state index contributed by atoms with van der Waals surface area (Å²) in [6.07, 6.45) is 2.00. The average molecular weight is 283 g/mol. The number of nitrogens with zero attached hydrogens (tertiary/aromatic N) is 2. The van der Waals surface area contributed by atoms with Gasteiger partial charge in [-0.15, -0.1) is 0 Å². The quantitative estimate of drug-likeness (QED) is 0.919. The highest BCUT2D eigenvalue weighted by atomic mass is 16.2. The Kier molecular flexibility index (Phi) is 3.80. The van der Waals surface area contributed by atoms with E-state index in [9.17, 15) is 4.79 Å². The van der Waals surface area contributed by atoms with Crippen molar-refractivity contribution in [2.75, 3.05) is 13.1 Å². The van der Waals surface area contributed by atoms with Crippen molar-refractivity contribution >= 4 is 5.91 Å². The lowest BCUT2D eigenvalue weighted by molar-refractivity contribution is 0.0699. The van der Waals surface area contributed by atoms with Crippen LogP contribution in [-0.2, 0) is 7.05 Å². The normalized spacial score (nSPS) is 18.8. The van der Waals surface area contributed by atoms with Gasteiger partial charge in [0.2, 0.25) is 0 Å². The fourth-order valence-corrected chi connectivity index (χ4v) is 2.98.